The maximum absolute atomic E-state index is 13.7. The number of anilines is 1. The van der Waals surface area contributed by atoms with Crippen molar-refractivity contribution in [2.75, 3.05) is 18.0 Å². The van der Waals surface area contributed by atoms with Crippen molar-refractivity contribution in [1.29, 1.82) is 0 Å². The third-order valence-electron chi connectivity index (χ3n) is 3.53. The first-order valence-electron chi connectivity index (χ1n) is 7.33. The fourth-order valence-electron chi connectivity index (χ4n) is 2.21. The van der Waals surface area contributed by atoms with E-state index in [0.29, 0.717) is 12.1 Å². The fraction of sp³-hybridized carbons (Fsp3) is 0.438. The molecule has 1 atom stereocenters. The molecule has 3 nitrogen and oxygen atoms in total. The number of aromatic nitrogens is 1. The smallest absolute Gasteiger partial charge is 0.185 e. The van der Waals surface area contributed by atoms with E-state index in [4.69, 9.17) is 0 Å². The average molecular weight is 307 g/mol. The summed E-state index contributed by atoms with van der Waals surface area (Å²) in [6.07, 6.45) is 1.90. The fourth-order valence-corrected chi connectivity index (χ4v) is 3.20. The third kappa shape index (κ3) is 4.02. The Morgan fingerprint density at radius 2 is 2.00 bits per heavy atom. The number of rotatable bonds is 7. The van der Waals surface area contributed by atoms with Gasteiger partial charge in [0.15, 0.2) is 5.13 Å². The van der Waals surface area contributed by atoms with E-state index in [2.05, 4.69) is 29.0 Å². The zero-order chi connectivity index (χ0) is 15.2. The summed E-state index contributed by atoms with van der Waals surface area (Å²) in [4.78, 5) is 7.85. The Balaban J connectivity index is 1.96. The van der Waals surface area contributed by atoms with Crippen LogP contribution in [0.15, 0.2) is 30.5 Å². The Kier molecular flexibility index (Phi) is 5.70. The van der Waals surface area contributed by atoms with Crippen LogP contribution in [-0.2, 0) is 6.54 Å². The maximum atomic E-state index is 13.7. The first kappa shape index (κ1) is 15.9. The minimum atomic E-state index is -0.161. The van der Waals surface area contributed by atoms with Crippen LogP contribution >= 0.6 is 11.3 Å². The number of halogens is 1. The van der Waals surface area contributed by atoms with Crippen LogP contribution in [0.4, 0.5) is 9.52 Å². The van der Waals surface area contributed by atoms with Crippen molar-refractivity contribution in [2.45, 2.75) is 33.4 Å². The van der Waals surface area contributed by atoms with Gasteiger partial charge in [-0.1, -0.05) is 18.2 Å². The number of hydrogen-bond acceptors (Lipinski definition) is 4. The number of thiazole rings is 1. The Labute approximate surface area is 129 Å². The van der Waals surface area contributed by atoms with Crippen LogP contribution in [0.2, 0.25) is 0 Å². The maximum Gasteiger partial charge on any atom is 0.185 e. The highest BCUT2D eigenvalue weighted by Crippen LogP contribution is 2.23. The van der Waals surface area contributed by atoms with Crippen molar-refractivity contribution >= 4 is 16.5 Å². The SMILES string of the molecule is CCN(CC)c1ncc(CNC(C)c2ccccc2F)s1. The molecule has 0 aliphatic heterocycles. The van der Waals surface area contributed by atoms with Crippen LogP contribution in [0.5, 0.6) is 0 Å². The van der Waals surface area contributed by atoms with Crippen LogP contribution in [0.1, 0.15) is 37.3 Å². The lowest BCUT2D eigenvalue weighted by Crippen LogP contribution is -2.21. The molecule has 2 aromatic rings. The van der Waals surface area contributed by atoms with Crippen molar-refractivity contribution in [2.24, 2.45) is 0 Å². The van der Waals surface area contributed by atoms with Crippen LogP contribution in [0.25, 0.3) is 0 Å². The summed E-state index contributed by atoms with van der Waals surface area (Å²) < 4.78 is 13.7. The van der Waals surface area contributed by atoms with E-state index in [1.807, 2.05) is 25.3 Å². The summed E-state index contributed by atoms with van der Waals surface area (Å²) in [5.41, 5.74) is 0.700. The van der Waals surface area contributed by atoms with E-state index in [1.54, 1.807) is 17.4 Å². The molecule has 0 spiro atoms. The molecule has 21 heavy (non-hydrogen) atoms. The van der Waals surface area contributed by atoms with E-state index in [1.165, 1.54) is 10.9 Å². The van der Waals surface area contributed by atoms with Gasteiger partial charge in [-0.05, 0) is 26.8 Å². The molecule has 114 valence electrons. The first-order chi connectivity index (χ1) is 10.2. The summed E-state index contributed by atoms with van der Waals surface area (Å²) in [6.45, 7) is 8.86. The second-order valence-electron chi connectivity index (χ2n) is 4.91. The molecular formula is C16H22FN3S. The van der Waals surface area contributed by atoms with Gasteiger partial charge in [-0.15, -0.1) is 11.3 Å². The van der Waals surface area contributed by atoms with Gasteiger partial charge in [-0.3, -0.25) is 0 Å². The molecule has 1 aromatic heterocycles. The minimum Gasteiger partial charge on any atom is -0.349 e. The van der Waals surface area contributed by atoms with Gasteiger partial charge < -0.3 is 10.2 Å². The zero-order valence-electron chi connectivity index (χ0n) is 12.8. The summed E-state index contributed by atoms with van der Waals surface area (Å²) in [7, 11) is 0. The Morgan fingerprint density at radius 3 is 2.67 bits per heavy atom. The van der Waals surface area contributed by atoms with Gasteiger partial charge in [-0.25, -0.2) is 9.37 Å². The molecular weight excluding hydrogens is 285 g/mol. The van der Waals surface area contributed by atoms with Crippen molar-refractivity contribution < 1.29 is 4.39 Å². The zero-order valence-corrected chi connectivity index (χ0v) is 13.6. The molecule has 1 N–H and O–H groups in total. The Bertz CT molecular complexity index is 566. The predicted octanol–water partition coefficient (Wildman–Crippen LogP) is 3.98. The second kappa shape index (κ2) is 7.52. The molecule has 0 aliphatic rings. The highest BCUT2D eigenvalue weighted by molar-refractivity contribution is 7.15. The van der Waals surface area contributed by atoms with E-state index in [-0.39, 0.29) is 11.9 Å². The molecule has 0 radical (unpaired) electrons. The average Bonchev–Trinajstić information content (AvgIpc) is 2.95. The van der Waals surface area contributed by atoms with Crippen molar-refractivity contribution in [3.63, 3.8) is 0 Å². The second-order valence-corrected chi connectivity index (χ2v) is 6.00. The van der Waals surface area contributed by atoms with E-state index in [9.17, 15) is 4.39 Å². The van der Waals surface area contributed by atoms with Crippen LogP contribution in [0, 0.1) is 5.82 Å². The standard InChI is InChI=1S/C16H22FN3S/c1-4-20(5-2)16-19-11-13(21-16)10-18-12(3)14-8-6-7-9-15(14)17/h6-9,11-12,18H,4-5,10H2,1-3H3. The number of benzene rings is 1. The van der Waals surface area contributed by atoms with Gasteiger partial charge in [-0.2, -0.15) is 0 Å². The summed E-state index contributed by atoms with van der Waals surface area (Å²) in [6, 6.07) is 6.87. The molecule has 0 saturated carbocycles. The topological polar surface area (TPSA) is 28.2 Å². The lowest BCUT2D eigenvalue weighted by Gasteiger charge is -2.16. The summed E-state index contributed by atoms with van der Waals surface area (Å²) in [5, 5.41) is 4.41. The molecule has 1 aromatic carbocycles. The van der Waals surface area contributed by atoms with Crippen molar-refractivity contribution in [1.82, 2.24) is 10.3 Å². The highest BCUT2D eigenvalue weighted by atomic mass is 32.1. The highest BCUT2D eigenvalue weighted by Gasteiger charge is 2.11. The quantitative estimate of drug-likeness (QED) is 0.838. The van der Waals surface area contributed by atoms with Gasteiger partial charge in [0.2, 0.25) is 0 Å². The molecule has 0 fully saturated rings. The predicted molar refractivity (Wildman–Crippen MR) is 87.3 cm³/mol. The van der Waals surface area contributed by atoms with Crippen LogP contribution in [0.3, 0.4) is 0 Å². The summed E-state index contributed by atoms with van der Waals surface area (Å²) in [5.74, 6) is -0.161. The van der Waals surface area contributed by atoms with Gasteiger partial charge in [0.25, 0.3) is 0 Å². The monoisotopic (exact) mass is 307 g/mol. The van der Waals surface area contributed by atoms with Gasteiger partial charge >= 0.3 is 0 Å². The Hall–Kier alpha value is -1.46. The molecule has 1 heterocycles. The van der Waals surface area contributed by atoms with Crippen LogP contribution in [-0.4, -0.2) is 18.1 Å². The molecule has 5 heteroatoms. The molecule has 0 bridgehead atoms. The number of hydrogen-bond donors (Lipinski definition) is 1. The van der Waals surface area contributed by atoms with Crippen LogP contribution < -0.4 is 10.2 Å². The molecule has 0 saturated heterocycles. The van der Waals surface area contributed by atoms with E-state index < -0.39 is 0 Å². The van der Waals surface area contributed by atoms with Gasteiger partial charge in [0.05, 0.1) is 0 Å². The third-order valence-corrected chi connectivity index (χ3v) is 4.59. The summed E-state index contributed by atoms with van der Waals surface area (Å²) >= 11 is 1.69. The van der Waals surface area contributed by atoms with Gasteiger partial charge in [0, 0.05) is 42.3 Å². The Morgan fingerprint density at radius 1 is 1.29 bits per heavy atom. The molecule has 0 amide bonds. The number of nitrogens with one attached hydrogen (secondary N) is 1. The molecule has 1 unspecified atom stereocenters. The number of nitrogens with zero attached hydrogens (tertiary/aromatic N) is 2. The van der Waals surface area contributed by atoms with Crippen molar-refractivity contribution in [3.8, 4) is 0 Å². The minimum absolute atomic E-state index is 0.0230. The lowest BCUT2D eigenvalue weighted by molar-refractivity contribution is 0.530. The van der Waals surface area contributed by atoms with Gasteiger partial charge in [0.1, 0.15) is 5.82 Å². The first-order valence-corrected chi connectivity index (χ1v) is 8.14. The van der Waals surface area contributed by atoms with Crippen molar-refractivity contribution in [3.05, 3.63) is 46.7 Å². The van der Waals surface area contributed by atoms with E-state index in [0.717, 1.165) is 18.2 Å². The molecule has 2 rings (SSSR count). The molecule has 0 aliphatic carbocycles. The lowest BCUT2D eigenvalue weighted by atomic mass is 10.1. The normalized spacial score (nSPS) is 12.4. The largest absolute Gasteiger partial charge is 0.349 e. The van der Waals surface area contributed by atoms with E-state index >= 15 is 0 Å².